The molecule has 5 heteroatoms. The molecule has 2 N–H and O–H groups in total. The molecule has 1 amide bonds. The van der Waals surface area contributed by atoms with Crippen molar-refractivity contribution >= 4 is 28.4 Å². The molecule has 0 unspecified atom stereocenters. The molecular formula is C23H21N3O2. The van der Waals surface area contributed by atoms with Gasteiger partial charge in [0.2, 0.25) is 0 Å². The van der Waals surface area contributed by atoms with E-state index in [0.29, 0.717) is 11.5 Å². The van der Waals surface area contributed by atoms with E-state index in [0.717, 1.165) is 24.0 Å². The van der Waals surface area contributed by atoms with E-state index in [1.165, 1.54) is 36.4 Å². The molecule has 0 radical (unpaired) electrons. The van der Waals surface area contributed by atoms with Crippen molar-refractivity contribution in [3.63, 3.8) is 0 Å². The van der Waals surface area contributed by atoms with Crippen molar-refractivity contribution in [2.75, 3.05) is 18.0 Å². The fraction of sp³-hybridized carbons (Fsp3) is 0.217. The van der Waals surface area contributed by atoms with Gasteiger partial charge in [0.15, 0.2) is 0 Å². The van der Waals surface area contributed by atoms with Gasteiger partial charge < -0.3 is 15.1 Å². The van der Waals surface area contributed by atoms with Gasteiger partial charge in [-0.3, -0.25) is 4.79 Å². The number of carbonyl (C=O) groups excluding carboxylic acids is 1. The Balaban J connectivity index is 1.62. The Morgan fingerprint density at radius 1 is 1.04 bits per heavy atom. The second kappa shape index (κ2) is 7.61. The maximum absolute atomic E-state index is 11.2. The van der Waals surface area contributed by atoms with Crippen LogP contribution in [0.25, 0.3) is 28.2 Å². The largest absolute Gasteiger partial charge is 0.457 e. The summed E-state index contributed by atoms with van der Waals surface area (Å²) in [7, 11) is 0. The molecular weight excluding hydrogens is 350 g/mol. The van der Waals surface area contributed by atoms with E-state index >= 15 is 0 Å². The number of fused-ring (bicyclic) bond motifs is 1. The molecule has 0 spiro atoms. The number of benzene rings is 2. The van der Waals surface area contributed by atoms with Crippen molar-refractivity contribution in [1.29, 1.82) is 5.26 Å². The zero-order valence-corrected chi connectivity index (χ0v) is 15.5. The average Bonchev–Trinajstić information content (AvgIpc) is 3.20. The third-order valence-electron chi connectivity index (χ3n) is 5.13. The summed E-state index contributed by atoms with van der Waals surface area (Å²) in [5, 5.41) is 11.3. The van der Waals surface area contributed by atoms with Gasteiger partial charge in [0.1, 0.15) is 23.2 Å². The first-order valence-corrected chi connectivity index (χ1v) is 9.44. The van der Waals surface area contributed by atoms with Crippen LogP contribution in [0, 0.1) is 11.3 Å². The standard InChI is InChI=1S/C23H21N3O2/c24-15-19(23(25)27)14-21-8-9-22(28-21)18-5-4-17-13-20(7-6-16(17)12-18)26-10-2-1-3-11-26/h4-9,12-14H,1-3,10-11H2,(H2,25,27)/b19-14+. The molecule has 2 aromatic carbocycles. The van der Waals surface area contributed by atoms with E-state index in [-0.39, 0.29) is 5.57 Å². The highest BCUT2D eigenvalue weighted by Crippen LogP contribution is 2.30. The van der Waals surface area contributed by atoms with Gasteiger partial charge in [-0.1, -0.05) is 18.2 Å². The summed E-state index contributed by atoms with van der Waals surface area (Å²) in [5.74, 6) is 0.330. The fourth-order valence-corrected chi connectivity index (χ4v) is 3.62. The van der Waals surface area contributed by atoms with E-state index in [2.05, 4.69) is 35.2 Å². The molecule has 2 heterocycles. The van der Waals surface area contributed by atoms with E-state index < -0.39 is 5.91 Å². The van der Waals surface area contributed by atoms with Crippen LogP contribution in [0.1, 0.15) is 25.0 Å². The quantitative estimate of drug-likeness (QED) is 0.541. The monoisotopic (exact) mass is 371 g/mol. The number of carbonyl (C=O) groups is 1. The third-order valence-corrected chi connectivity index (χ3v) is 5.13. The second-order valence-electron chi connectivity index (χ2n) is 7.03. The highest BCUT2D eigenvalue weighted by Gasteiger charge is 2.12. The van der Waals surface area contributed by atoms with Crippen molar-refractivity contribution in [1.82, 2.24) is 0 Å². The van der Waals surface area contributed by atoms with Crippen molar-refractivity contribution in [3.05, 3.63) is 59.9 Å². The molecule has 140 valence electrons. The molecule has 1 fully saturated rings. The highest BCUT2D eigenvalue weighted by atomic mass is 16.3. The van der Waals surface area contributed by atoms with Gasteiger partial charge in [-0.15, -0.1) is 0 Å². The van der Waals surface area contributed by atoms with Crippen molar-refractivity contribution in [2.24, 2.45) is 5.73 Å². The first-order valence-electron chi connectivity index (χ1n) is 9.44. The zero-order chi connectivity index (χ0) is 19.5. The summed E-state index contributed by atoms with van der Waals surface area (Å²) in [6, 6.07) is 18.1. The number of amides is 1. The van der Waals surface area contributed by atoms with E-state index in [9.17, 15) is 4.79 Å². The average molecular weight is 371 g/mol. The molecule has 1 aliphatic rings. The Labute approximate surface area is 163 Å². The number of hydrogen-bond acceptors (Lipinski definition) is 4. The molecule has 1 aromatic heterocycles. The van der Waals surface area contributed by atoms with Crippen LogP contribution in [-0.2, 0) is 4.79 Å². The third kappa shape index (κ3) is 3.63. The zero-order valence-electron chi connectivity index (χ0n) is 15.5. The lowest BCUT2D eigenvalue weighted by molar-refractivity contribution is -0.114. The van der Waals surface area contributed by atoms with E-state index in [4.69, 9.17) is 15.4 Å². The van der Waals surface area contributed by atoms with Crippen molar-refractivity contribution < 1.29 is 9.21 Å². The topological polar surface area (TPSA) is 83.3 Å². The molecule has 0 aliphatic carbocycles. The van der Waals surface area contributed by atoms with Gasteiger partial charge in [-0.05, 0) is 60.4 Å². The van der Waals surface area contributed by atoms with Gasteiger partial charge in [0.25, 0.3) is 5.91 Å². The molecule has 1 aliphatic heterocycles. The van der Waals surface area contributed by atoms with Crippen LogP contribution in [0.3, 0.4) is 0 Å². The number of nitrogens with two attached hydrogens (primary N) is 1. The molecule has 28 heavy (non-hydrogen) atoms. The minimum atomic E-state index is -0.768. The SMILES string of the molecule is N#C/C(=C\c1ccc(-c2ccc3cc(N4CCCCC4)ccc3c2)o1)C(N)=O. The molecule has 1 saturated heterocycles. The Morgan fingerprint density at radius 2 is 1.79 bits per heavy atom. The maximum Gasteiger partial charge on any atom is 0.259 e. The Morgan fingerprint density at radius 3 is 2.54 bits per heavy atom. The molecule has 5 nitrogen and oxygen atoms in total. The smallest absolute Gasteiger partial charge is 0.259 e. The van der Waals surface area contributed by atoms with Crippen LogP contribution in [0.4, 0.5) is 5.69 Å². The van der Waals surface area contributed by atoms with Crippen LogP contribution in [0.2, 0.25) is 0 Å². The van der Waals surface area contributed by atoms with E-state index in [1.807, 2.05) is 12.1 Å². The number of furan rings is 1. The van der Waals surface area contributed by atoms with Crippen LogP contribution >= 0.6 is 0 Å². The summed E-state index contributed by atoms with van der Waals surface area (Å²) in [6.07, 6.45) is 5.20. The number of primary amides is 1. The van der Waals surface area contributed by atoms with Gasteiger partial charge in [0.05, 0.1) is 0 Å². The van der Waals surface area contributed by atoms with Gasteiger partial charge in [-0.25, -0.2) is 0 Å². The summed E-state index contributed by atoms with van der Waals surface area (Å²) in [6.45, 7) is 2.25. The van der Waals surface area contributed by atoms with Gasteiger partial charge in [-0.2, -0.15) is 5.26 Å². The minimum Gasteiger partial charge on any atom is -0.457 e. The first kappa shape index (κ1) is 17.9. The number of nitrogens with zero attached hydrogens (tertiary/aromatic N) is 2. The fourth-order valence-electron chi connectivity index (χ4n) is 3.62. The molecule has 0 atom stereocenters. The summed E-state index contributed by atoms with van der Waals surface area (Å²) < 4.78 is 5.78. The predicted octanol–water partition coefficient (Wildman–Crippen LogP) is 4.48. The number of hydrogen-bond donors (Lipinski definition) is 1. The molecule has 4 rings (SSSR count). The van der Waals surface area contributed by atoms with Gasteiger partial charge >= 0.3 is 0 Å². The summed E-state index contributed by atoms with van der Waals surface area (Å²) in [4.78, 5) is 13.6. The normalized spacial score (nSPS) is 14.8. The van der Waals surface area contributed by atoms with E-state index in [1.54, 1.807) is 12.1 Å². The molecule has 0 saturated carbocycles. The number of nitriles is 1. The predicted molar refractivity (Wildman–Crippen MR) is 110 cm³/mol. The molecule has 0 bridgehead atoms. The van der Waals surface area contributed by atoms with Crippen LogP contribution in [0.15, 0.2) is 58.5 Å². The number of piperidine rings is 1. The number of anilines is 1. The lowest BCUT2D eigenvalue weighted by Gasteiger charge is -2.29. The minimum absolute atomic E-state index is 0.135. The lowest BCUT2D eigenvalue weighted by atomic mass is 10.0. The van der Waals surface area contributed by atoms with Crippen LogP contribution in [-0.4, -0.2) is 19.0 Å². The summed E-state index contributed by atoms with van der Waals surface area (Å²) in [5.41, 5.74) is 7.25. The second-order valence-corrected chi connectivity index (χ2v) is 7.03. The van der Waals surface area contributed by atoms with Crippen molar-refractivity contribution in [3.8, 4) is 17.4 Å². The molecule has 3 aromatic rings. The first-order chi connectivity index (χ1) is 13.6. The Kier molecular flexibility index (Phi) is 4.86. The van der Waals surface area contributed by atoms with Gasteiger partial charge in [0, 0.05) is 30.4 Å². The van der Waals surface area contributed by atoms with Crippen LogP contribution in [0.5, 0.6) is 0 Å². The number of rotatable bonds is 4. The Hall–Kier alpha value is -3.52. The van der Waals surface area contributed by atoms with Crippen LogP contribution < -0.4 is 10.6 Å². The maximum atomic E-state index is 11.2. The Bertz CT molecular complexity index is 1100. The summed E-state index contributed by atoms with van der Waals surface area (Å²) >= 11 is 0. The lowest BCUT2D eigenvalue weighted by Crippen LogP contribution is -2.29. The highest BCUT2D eigenvalue weighted by molar-refractivity contribution is 6.00. The van der Waals surface area contributed by atoms with Crippen molar-refractivity contribution in [2.45, 2.75) is 19.3 Å².